The van der Waals surface area contributed by atoms with Crippen LogP contribution in [0.2, 0.25) is 0 Å². The summed E-state index contributed by atoms with van der Waals surface area (Å²) in [5, 5.41) is 12.2. The molecule has 4 heteroatoms. The van der Waals surface area contributed by atoms with Gasteiger partial charge in [0.25, 0.3) is 0 Å². The van der Waals surface area contributed by atoms with Crippen LogP contribution in [0.5, 0.6) is 0 Å². The third kappa shape index (κ3) is 3.54. The summed E-state index contributed by atoms with van der Waals surface area (Å²) >= 11 is 0. The van der Waals surface area contributed by atoms with Gasteiger partial charge in [-0.05, 0) is 24.1 Å². The molecule has 0 bridgehead atoms. The monoisotopic (exact) mass is 234 g/mol. The molecule has 1 aliphatic rings. The highest BCUT2D eigenvalue weighted by Gasteiger charge is 2.09. The number of aromatic carboxylic acids is 1. The lowest BCUT2D eigenvalue weighted by atomic mass is 10.1. The molecule has 0 aliphatic carbocycles. The Kier molecular flexibility index (Phi) is 4.12. The molecule has 17 heavy (non-hydrogen) atoms. The fourth-order valence-corrected chi connectivity index (χ4v) is 2.08. The fraction of sp³-hybridized carbons (Fsp3) is 0.462. The molecule has 4 nitrogen and oxygen atoms in total. The van der Waals surface area contributed by atoms with E-state index in [1.54, 1.807) is 12.1 Å². The third-order valence-corrected chi connectivity index (χ3v) is 3.10. The van der Waals surface area contributed by atoms with E-state index in [-0.39, 0.29) is 0 Å². The number of carboxylic acids is 1. The molecule has 0 amide bonds. The summed E-state index contributed by atoms with van der Waals surface area (Å²) in [6, 6.07) is 7.21. The van der Waals surface area contributed by atoms with Crippen LogP contribution in [0.25, 0.3) is 0 Å². The van der Waals surface area contributed by atoms with E-state index < -0.39 is 5.97 Å². The molecule has 2 rings (SSSR count). The SMILES string of the molecule is O=C(O)c1cccc(CCN2CCNCC2)c1. The summed E-state index contributed by atoms with van der Waals surface area (Å²) in [4.78, 5) is 13.2. The van der Waals surface area contributed by atoms with E-state index in [0.717, 1.165) is 44.7 Å². The topological polar surface area (TPSA) is 52.6 Å². The van der Waals surface area contributed by atoms with Gasteiger partial charge in [-0.3, -0.25) is 0 Å². The van der Waals surface area contributed by atoms with Crippen molar-refractivity contribution in [2.75, 3.05) is 32.7 Å². The summed E-state index contributed by atoms with van der Waals surface area (Å²) in [6.07, 6.45) is 0.918. The van der Waals surface area contributed by atoms with Crippen molar-refractivity contribution in [2.45, 2.75) is 6.42 Å². The van der Waals surface area contributed by atoms with Crippen molar-refractivity contribution >= 4 is 5.97 Å². The Hall–Kier alpha value is -1.39. The van der Waals surface area contributed by atoms with Gasteiger partial charge in [0.05, 0.1) is 5.56 Å². The molecule has 1 aliphatic heterocycles. The number of piperazine rings is 1. The third-order valence-electron chi connectivity index (χ3n) is 3.10. The maximum atomic E-state index is 10.8. The fourth-order valence-electron chi connectivity index (χ4n) is 2.08. The summed E-state index contributed by atoms with van der Waals surface area (Å²) in [6.45, 7) is 5.27. The molecular weight excluding hydrogens is 216 g/mol. The number of carboxylic acid groups (broad SMARTS) is 1. The number of nitrogens with zero attached hydrogens (tertiary/aromatic N) is 1. The predicted octanol–water partition coefficient (Wildman–Crippen LogP) is 0.832. The maximum Gasteiger partial charge on any atom is 0.335 e. The average molecular weight is 234 g/mol. The highest BCUT2D eigenvalue weighted by atomic mass is 16.4. The van der Waals surface area contributed by atoms with Crippen molar-refractivity contribution < 1.29 is 9.90 Å². The molecule has 1 aromatic carbocycles. The average Bonchev–Trinajstić information content (AvgIpc) is 2.38. The van der Waals surface area contributed by atoms with Gasteiger partial charge in [-0.2, -0.15) is 0 Å². The van der Waals surface area contributed by atoms with Crippen LogP contribution in [-0.2, 0) is 6.42 Å². The zero-order valence-corrected chi connectivity index (χ0v) is 9.85. The summed E-state index contributed by atoms with van der Waals surface area (Å²) < 4.78 is 0. The number of rotatable bonds is 4. The van der Waals surface area contributed by atoms with Gasteiger partial charge in [-0.15, -0.1) is 0 Å². The number of carbonyl (C=O) groups is 1. The lowest BCUT2D eigenvalue weighted by Gasteiger charge is -2.27. The molecule has 0 atom stereocenters. The number of nitrogens with one attached hydrogen (secondary N) is 1. The van der Waals surface area contributed by atoms with E-state index in [1.807, 2.05) is 12.1 Å². The Morgan fingerprint density at radius 1 is 1.35 bits per heavy atom. The van der Waals surface area contributed by atoms with Gasteiger partial charge in [0.2, 0.25) is 0 Å². The number of benzene rings is 1. The van der Waals surface area contributed by atoms with Crippen molar-refractivity contribution in [3.63, 3.8) is 0 Å². The minimum absolute atomic E-state index is 0.378. The first-order chi connectivity index (χ1) is 8.25. The lowest BCUT2D eigenvalue weighted by molar-refractivity contribution is 0.0696. The molecule has 1 aromatic rings. The number of hydrogen-bond acceptors (Lipinski definition) is 3. The van der Waals surface area contributed by atoms with Crippen LogP contribution in [0.3, 0.4) is 0 Å². The van der Waals surface area contributed by atoms with Crippen molar-refractivity contribution in [1.82, 2.24) is 10.2 Å². The summed E-state index contributed by atoms with van der Waals surface area (Å²) in [5.74, 6) is -0.853. The molecule has 0 unspecified atom stereocenters. The van der Waals surface area contributed by atoms with Crippen LogP contribution in [0, 0.1) is 0 Å². The van der Waals surface area contributed by atoms with Gasteiger partial charge in [-0.25, -0.2) is 4.79 Å². The largest absolute Gasteiger partial charge is 0.478 e. The summed E-state index contributed by atoms with van der Waals surface area (Å²) in [7, 11) is 0. The van der Waals surface area contributed by atoms with Crippen LogP contribution >= 0.6 is 0 Å². The van der Waals surface area contributed by atoms with Gasteiger partial charge in [0.15, 0.2) is 0 Å². The van der Waals surface area contributed by atoms with E-state index in [9.17, 15) is 4.79 Å². The summed E-state index contributed by atoms with van der Waals surface area (Å²) in [5.41, 5.74) is 1.48. The molecule has 1 saturated heterocycles. The molecule has 1 heterocycles. The standard InChI is InChI=1S/C13H18N2O2/c16-13(17)12-3-1-2-11(10-12)4-7-15-8-5-14-6-9-15/h1-3,10,14H,4-9H2,(H,16,17). The van der Waals surface area contributed by atoms with Gasteiger partial charge < -0.3 is 15.3 Å². The minimum Gasteiger partial charge on any atom is -0.478 e. The first-order valence-electron chi connectivity index (χ1n) is 6.01. The van der Waals surface area contributed by atoms with Gasteiger partial charge >= 0.3 is 5.97 Å². The van der Waals surface area contributed by atoms with Crippen LogP contribution in [-0.4, -0.2) is 48.7 Å². The second-order valence-corrected chi connectivity index (χ2v) is 4.35. The van der Waals surface area contributed by atoms with E-state index in [0.29, 0.717) is 5.56 Å². The molecule has 1 fully saturated rings. The van der Waals surface area contributed by atoms with Crippen molar-refractivity contribution in [3.05, 3.63) is 35.4 Å². The molecule has 92 valence electrons. The van der Waals surface area contributed by atoms with Crippen LogP contribution in [0.1, 0.15) is 15.9 Å². The highest BCUT2D eigenvalue weighted by Crippen LogP contribution is 2.07. The Morgan fingerprint density at radius 3 is 2.82 bits per heavy atom. The second kappa shape index (κ2) is 5.80. The first kappa shape index (κ1) is 12.1. The van der Waals surface area contributed by atoms with Crippen LogP contribution in [0.4, 0.5) is 0 Å². The predicted molar refractivity (Wildman–Crippen MR) is 66.4 cm³/mol. The minimum atomic E-state index is -0.853. The smallest absolute Gasteiger partial charge is 0.335 e. The number of hydrogen-bond donors (Lipinski definition) is 2. The molecule has 0 saturated carbocycles. The molecular formula is C13H18N2O2. The Balaban J connectivity index is 1.89. The van der Waals surface area contributed by atoms with Crippen LogP contribution < -0.4 is 5.32 Å². The normalized spacial score (nSPS) is 16.9. The van der Waals surface area contributed by atoms with Crippen LogP contribution in [0.15, 0.2) is 24.3 Å². The molecule has 0 radical (unpaired) electrons. The van der Waals surface area contributed by atoms with E-state index in [4.69, 9.17) is 5.11 Å². The second-order valence-electron chi connectivity index (χ2n) is 4.35. The van der Waals surface area contributed by atoms with Crippen molar-refractivity contribution in [1.29, 1.82) is 0 Å². The van der Waals surface area contributed by atoms with Crippen molar-refractivity contribution in [2.24, 2.45) is 0 Å². The van der Waals surface area contributed by atoms with Crippen molar-refractivity contribution in [3.8, 4) is 0 Å². The van der Waals surface area contributed by atoms with Gasteiger partial charge in [-0.1, -0.05) is 12.1 Å². The molecule has 0 spiro atoms. The molecule has 2 N–H and O–H groups in total. The molecule has 0 aromatic heterocycles. The van der Waals surface area contributed by atoms with Gasteiger partial charge in [0.1, 0.15) is 0 Å². The zero-order valence-electron chi connectivity index (χ0n) is 9.85. The van der Waals surface area contributed by atoms with Gasteiger partial charge in [0, 0.05) is 32.7 Å². The van der Waals surface area contributed by atoms with E-state index in [1.165, 1.54) is 0 Å². The Bertz CT molecular complexity index is 387. The highest BCUT2D eigenvalue weighted by molar-refractivity contribution is 5.87. The Labute approximate surface area is 101 Å². The zero-order chi connectivity index (χ0) is 12.1. The first-order valence-corrected chi connectivity index (χ1v) is 6.01. The van der Waals surface area contributed by atoms with E-state index >= 15 is 0 Å². The van der Waals surface area contributed by atoms with E-state index in [2.05, 4.69) is 10.2 Å². The lowest BCUT2D eigenvalue weighted by Crippen LogP contribution is -2.44. The quantitative estimate of drug-likeness (QED) is 0.810. The maximum absolute atomic E-state index is 10.8. The Morgan fingerprint density at radius 2 is 2.12 bits per heavy atom.